The van der Waals surface area contributed by atoms with Gasteiger partial charge in [0.2, 0.25) is 0 Å². The number of ether oxygens (including phenoxy) is 2. The molecular weight excluding hydrogens is 424 g/mol. The molecule has 0 spiro atoms. The minimum absolute atomic E-state index is 0.112. The van der Waals surface area contributed by atoms with Gasteiger partial charge in [-0.3, -0.25) is 4.74 Å². The minimum atomic E-state index is -4.80. The van der Waals surface area contributed by atoms with Gasteiger partial charge in [0.15, 0.2) is 0 Å². The molecule has 3 aliphatic rings. The summed E-state index contributed by atoms with van der Waals surface area (Å²) in [7, 11) is 0. The predicted molar refractivity (Wildman–Crippen MR) is 92.1 cm³/mol. The van der Waals surface area contributed by atoms with Crippen molar-refractivity contribution in [2.24, 2.45) is 17.8 Å². The second-order valence-electron chi connectivity index (χ2n) is 8.96. The van der Waals surface area contributed by atoms with Gasteiger partial charge in [-0.2, -0.15) is 8.78 Å². The lowest BCUT2D eigenvalue weighted by atomic mass is 9.69. The van der Waals surface area contributed by atoms with Crippen LogP contribution < -0.4 is 0 Å². The summed E-state index contributed by atoms with van der Waals surface area (Å²) < 4.78 is 118. The molecule has 3 saturated carbocycles. The van der Waals surface area contributed by atoms with E-state index in [9.17, 15) is 35.1 Å². The third-order valence-electron chi connectivity index (χ3n) is 6.79. The van der Waals surface area contributed by atoms with Crippen molar-refractivity contribution in [2.75, 3.05) is 0 Å². The Morgan fingerprint density at radius 1 is 0.600 bits per heavy atom. The van der Waals surface area contributed by atoms with E-state index in [4.69, 9.17) is 4.74 Å². The van der Waals surface area contributed by atoms with Gasteiger partial charge < -0.3 is 4.74 Å². The van der Waals surface area contributed by atoms with E-state index in [0.29, 0.717) is 19.3 Å². The van der Waals surface area contributed by atoms with Crippen molar-refractivity contribution in [1.82, 2.24) is 0 Å². The molecule has 0 saturated heterocycles. The molecule has 0 heterocycles. The van der Waals surface area contributed by atoms with Gasteiger partial charge in [-0.15, -0.1) is 13.2 Å². The molecule has 0 aromatic heterocycles. The summed E-state index contributed by atoms with van der Waals surface area (Å²) in [6.07, 6.45) is -15.4. The zero-order valence-electron chi connectivity index (χ0n) is 16.5. The maximum Gasteiger partial charge on any atom is 0.522 e. The summed E-state index contributed by atoms with van der Waals surface area (Å²) >= 11 is 0. The van der Waals surface area contributed by atoms with Crippen molar-refractivity contribution in [2.45, 2.75) is 107 Å². The number of alkyl halides is 8. The van der Waals surface area contributed by atoms with Gasteiger partial charge in [0.05, 0.1) is 12.2 Å². The molecule has 0 amide bonds. The number of hydrogen-bond acceptors (Lipinski definition) is 2. The van der Waals surface area contributed by atoms with Gasteiger partial charge in [0.1, 0.15) is 24.4 Å². The van der Waals surface area contributed by atoms with E-state index in [-0.39, 0.29) is 50.9 Å². The molecular formula is C20H28F8O2. The molecule has 3 rings (SSSR count). The standard InChI is InChI=1S/C20H28F8O2/c21-13-3-1-2-11(8-13)12-9-16(22)18(17(23)10-12)19(24,25)29-14-4-6-15(7-5-14)30-20(26,27)28/h11-18H,1-10H2/t11?,12?,13-,14?,15?,16?,17?,18?/m1/s1. The first-order chi connectivity index (χ1) is 13.9. The summed E-state index contributed by atoms with van der Waals surface area (Å²) in [6, 6.07) is 0. The second kappa shape index (κ2) is 9.46. The highest BCUT2D eigenvalue weighted by atomic mass is 19.4. The summed E-state index contributed by atoms with van der Waals surface area (Å²) in [5, 5.41) is 0. The zero-order valence-corrected chi connectivity index (χ0v) is 16.5. The van der Waals surface area contributed by atoms with E-state index in [1.54, 1.807) is 0 Å². The van der Waals surface area contributed by atoms with Gasteiger partial charge in [-0.05, 0) is 69.6 Å². The fourth-order valence-corrected chi connectivity index (χ4v) is 5.35. The van der Waals surface area contributed by atoms with Crippen molar-refractivity contribution < 1.29 is 44.6 Å². The van der Waals surface area contributed by atoms with Crippen LogP contribution in [0.1, 0.15) is 64.2 Å². The highest BCUT2D eigenvalue weighted by Crippen LogP contribution is 2.48. The van der Waals surface area contributed by atoms with Crippen molar-refractivity contribution in [1.29, 1.82) is 0 Å². The first-order valence-corrected chi connectivity index (χ1v) is 10.7. The van der Waals surface area contributed by atoms with Crippen LogP contribution in [0.4, 0.5) is 35.1 Å². The maximum absolute atomic E-state index is 14.7. The number of halogens is 8. The smallest absolute Gasteiger partial charge is 0.317 e. The van der Waals surface area contributed by atoms with Gasteiger partial charge in [0.25, 0.3) is 0 Å². The van der Waals surface area contributed by atoms with Crippen LogP contribution in [0.15, 0.2) is 0 Å². The van der Waals surface area contributed by atoms with Crippen molar-refractivity contribution in [3.63, 3.8) is 0 Å². The molecule has 0 bridgehead atoms. The Labute approximate surface area is 170 Å². The van der Waals surface area contributed by atoms with Crippen LogP contribution in [0.5, 0.6) is 0 Å². The molecule has 0 aliphatic heterocycles. The van der Waals surface area contributed by atoms with E-state index < -0.39 is 55.0 Å². The van der Waals surface area contributed by atoms with E-state index in [1.165, 1.54) is 0 Å². The van der Waals surface area contributed by atoms with E-state index in [2.05, 4.69) is 4.74 Å². The number of rotatable bonds is 5. The minimum Gasteiger partial charge on any atom is -0.317 e. The Bertz CT molecular complexity index is 537. The molecule has 4 atom stereocenters. The van der Waals surface area contributed by atoms with Crippen LogP contribution in [0.3, 0.4) is 0 Å². The van der Waals surface area contributed by atoms with Crippen LogP contribution in [-0.4, -0.2) is 43.2 Å². The fourth-order valence-electron chi connectivity index (χ4n) is 5.35. The Morgan fingerprint density at radius 2 is 1.13 bits per heavy atom. The summed E-state index contributed by atoms with van der Waals surface area (Å²) in [5.41, 5.74) is 0. The number of hydrogen-bond donors (Lipinski definition) is 0. The molecule has 0 N–H and O–H groups in total. The summed E-state index contributed by atoms with van der Waals surface area (Å²) in [5.74, 6) is -2.94. The van der Waals surface area contributed by atoms with Gasteiger partial charge in [-0.25, -0.2) is 13.2 Å². The molecule has 2 nitrogen and oxygen atoms in total. The lowest BCUT2D eigenvalue weighted by Gasteiger charge is -2.43. The van der Waals surface area contributed by atoms with Crippen molar-refractivity contribution in [3.05, 3.63) is 0 Å². The molecule has 176 valence electrons. The topological polar surface area (TPSA) is 18.5 Å². The van der Waals surface area contributed by atoms with Crippen LogP contribution in [-0.2, 0) is 9.47 Å². The average Bonchev–Trinajstić information content (AvgIpc) is 2.61. The van der Waals surface area contributed by atoms with Crippen LogP contribution in [0.2, 0.25) is 0 Å². The molecule has 0 aromatic rings. The van der Waals surface area contributed by atoms with E-state index in [0.717, 1.165) is 0 Å². The molecule has 0 radical (unpaired) electrons. The highest BCUT2D eigenvalue weighted by Gasteiger charge is 2.56. The Morgan fingerprint density at radius 3 is 1.63 bits per heavy atom. The molecule has 3 unspecified atom stereocenters. The summed E-state index contributed by atoms with van der Waals surface area (Å²) in [4.78, 5) is 0. The molecule has 30 heavy (non-hydrogen) atoms. The SMILES string of the molecule is FC1CC(C2CCC[C@@H](F)C2)CC(F)C1C(F)(F)OC1CCC(OC(F)(F)F)CC1. The fraction of sp³-hybridized carbons (Fsp3) is 1.00. The largest absolute Gasteiger partial charge is 0.522 e. The molecule has 10 heteroatoms. The maximum atomic E-state index is 14.7. The molecule has 3 aliphatic carbocycles. The third-order valence-corrected chi connectivity index (χ3v) is 6.79. The van der Waals surface area contributed by atoms with Gasteiger partial charge in [-0.1, -0.05) is 6.42 Å². The lowest BCUT2D eigenvalue weighted by molar-refractivity contribution is -0.352. The first kappa shape index (κ1) is 24.0. The van der Waals surface area contributed by atoms with Crippen molar-refractivity contribution >= 4 is 0 Å². The second-order valence-corrected chi connectivity index (χ2v) is 8.96. The normalized spacial score (nSPS) is 41.6. The predicted octanol–water partition coefficient (Wildman–Crippen LogP) is 6.67. The third kappa shape index (κ3) is 6.20. The van der Waals surface area contributed by atoms with Crippen LogP contribution in [0, 0.1) is 17.8 Å². The van der Waals surface area contributed by atoms with Crippen LogP contribution in [0.25, 0.3) is 0 Å². The van der Waals surface area contributed by atoms with Crippen molar-refractivity contribution in [3.8, 4) is 0 Å². The monoisotopic (exact) mass is 452 g/mol. The molecule has 3 fully saturated rings. The van der Waals surface area contributed by atoms with Crippen LogP contribution >= 0.6 is 0 Å². The summed E-state index contributed by atoms with van der Waals surface area (Å²) in [6.45, 7) is 0. The van der Waals surface area contributed by atoms with Gasteiger partial charge in [0, 0.05) is 0 Å². The lowest BCUT2D eigenvalue weighted by Crippen LogP contribution is -2.50. The van der Waals surface area contributed by atoms with E-state index in [1.807, 2.05) is 0 Å². The molecule has 0 aromatic carbocycles. The Hall–Kier alpha value is -0.640. The quantitative estimate of drug-likeness (QED) is 0.434. The zero-order chi connectivity index (χ0) is 22.1. The van der Waals surface area contributed by atoms with E-state index >= 15 is 0 Å². The highest BCUT2D eigenvalue weighted by molar-refractivity contribution is 4.94. The Balaban J connectivity index is 1.53. The Kier molecular flexibility index (Phi) is 7.58. The average molecular weight is 452 g/mol. The van der Waals surface area contributed by atoms with Gasteiger partial charge >= 0.3 is 12.5 Å². The first-order valence-electron chi connectivity index (χ1n) is 10.7.